The van der Waals surface area contributed by atoms with Crippen LogP contribution in [0.2, 0.25) is 0 Å². The van der Waals surface area contributed by atoms with E-state index in [1.165, 1.54) is 0 Å². The molecule has 19 heavy (non-hydrogen) atoms. The van der Waals surface area contributed by atoms with E-state index in [4.69, 9.17) is 10.5 Å². The lowest BCUT2D eigenvalue weighted by atomic mass is 10.2. The number of amides is 1. The van der Waals surface area contributed by atoms with Gasteiger partial charge in [-0.3, -0.25) is 9.69 Å². The van der Waals surface area contributed by atoms with Crippen LogP contribution < -0.4 is 11.1 Å². The molecule has 1 amide bonds. The highest BCUT2D eigenvalue weighted by Gasteiger charge is 2.18. The number of carbonyl (C=O) groups excluding carboxylic acids is 1. The summed E-state index contributed by atoms with van der Waals surface area (Å²) in [5.41, 5.74) is 7.01. The lowest BCUT2D eigenvalue weighted by Gasteiger charge is -2.23. The fraction of sp³-hybridized carbons (Fsp3) is 0.500. The summed E-state index contributed by atoms with van der Waals surface area (Å²) in [5.74, 6) is -0.0723. The van der Waals surface area contributed by atoms with Crippen molar-refractivity contribution >= 4 is 17.3 Å². The van der Waals surface area contributed by atoms with E-state index in [1.807, 2.05) is 37.9 Å². The van der Waals surface area contributed by atoms with Gasteiger partial charge >= 0.3 is 0 Å². The van der Waals surface area contributed by atoms with Crippen molar-refractivity contribution < 1.29 is 9.53 Å². The summed E-state index contributed by atoms with van der Waals surface area (Å²) in [6.07, 6.45) is 0. The van der Waals surface area contributed by atoms with Gasteiger partial charge in [0.15, 0.2) is 0 Å². The molecule has 0 saturated heterocycles. The first-order chi connectivity index (χ1) is 9.06. The predicted molar refractivity (Wildman–Crippen MR) is 78.1 cm³/mol. The van der Waals surface area contributed by atoms with E-state index in [-0.39, 0.29) is 11.9 Å². The Balaban J connectivity index is 2.50. The van der Waals surface area contributed by atoms with Crippen LogP contribution in [-0.4, -0.2) is 43.7 Å². The lowest BCUT2D eigenvalue weighted by molar-refractivity contribution is -0.120. The van der Waals surface area contributed by atoms with Gasteiger partial charge in [-0.2, -0.15) is 0 Å². The first-order valence-electron chi connectivity index (χ1n) is 6.49. The van der Waals surface area contributed by atoms with Gasteiger partial charge in [-0.15, -0.1) is 0 Å². The van der Waals surface area contributed by atoms with E-state index in [9.17, 15) is 4.79 Å². The molecule has 3 N–H and O–H groups in total. The Morgan fingerprint density at radius 3 is 2.79 bits per heavy atom. The minimum absolute atomic E-state index is 0.0723. The molecule has 0 aliphatic carbocycles. The van der Waals surface area contributed by atoms with Gasteiger partial charge in [0.1, 0.15) is 0 Å². The van der Waals surface area contributed by atoms with E-state index in [2.05, 4.69) is 5.32 Å². The standard InChI is InChI=1S/C14H23N3O2/c1-4-19-10-9-17(3)11(2)14(18)16-13-8-6-5-7-12(13)15/h5-8,11H,4,9-10,15H2,1-3H3,(H,16,18). The number of nitrogens with two attached hydrogens (primary N) is 1. The molecule has 0 aromatic heterocycles. The number of nitrogens with zero attached hydrogens (tertiary/aromatic N) is 1. The van der Waals surface area contributed by atoms with Gasteiger partial charge in [0.05, 0.1) is 24.0 Å². The zero-order valence-corrected chi connectivity index (χ0v) is 11.8. The Labute approximate surface area is 114 Å². The summed E-state index contributed by atoms with van der Waals surface area (Å²) >= 11 is 0. The Bertz CT molecular complexity index is 409. The van der Waals surface area contributed by atoms with Crippen molar-refractivity contribution in [2.45, 2.75) is 19.9 Å². The number of ether oxygens (including phenoxy) is 1. The quantitative estimate of drug-likeness (QED) is 0.580. The second-order valence-corrected chi connectivity index (χ2v) is 4.43. The minimum atomic E-state index is -0.236. The third-order valence-corrected chi connectivity index (χ3v) is 3.05. The molecule has 0 spiro atoms. The topological polar surface area (TPSA) is 67.6 Å². The monoisotopic (exact) mass is 265 g/mol. The number of likely N-dealkylation sites (N-methyl/N-ethyl adjacent to an activating group) is 1. The second kappa shape index (κ2) is 7.76. The Morgan fingerprint density at radius 2 is 2.16 bits per heavy atom. The maximum Gasteiger partial charge on any atom is 0.241 e. The Morgan fingerprint density at radius 1 is 1.47 bits per heavy atom. The fourth-order valence-corrected chi connectivity index (χ4v) is 1.59. The first-order valence-corrected chi connectivity index (χ1v) is 6.49. The third kappa shape index (κ3) is 4.89. The third-order valence-electron chi connectivity index (χ3n) is 3.05. The summed E-state index contributed by atoms with van der Waals surface area (Å²) in [4.78, 5) is 14.0. The number of rotatable bonds is 7. The van der Waals surface area contributed by atoms with E-state index < -0.39 is 0 Å². The number of benzene rings is 1. The number of carbonyl (C=O) groups is 1. The summed E-state index contributed by atoms with van der Waals surface area (Å²) in [7, 11) is 1.90. The van der Waals surface area contributed by atoms with Crippen molar-refractivity contribution in [2.75, 3.05) is 37.9 Å². The molecule has 5 heteroatoms. The number of hydrogen-bond donors (Lipinski definition) is 2. The van der Waals surface area contributed by atoms with Crippen LogP contribution in [0.3, 0.4) is 0 Å². The molecule has 0 bridgehead atoms. The molecule has 0 saturated carbocycles. The van der Waals surface area contributed by atoms with Crippen LogP contribution in [0.1, 0.15) is 13.8 Å². The first kappa shape index (κ1) is 15.5. The molecular formula is C14H23N3O2. The van der Waals surface area contributed by atoms with Gasteiger partial charge in [0.2, 0.25) is 5.91 Å². The average Bonchev–Trinajstić information content (AvgIpc) is 2.40. The molecule has 1 aromatic carbocycles. The Hall–Kier alpha value is -1.59. The maximum atomic E-state index is 12.1. The largest absolute Gasteiger partial charge is 0.397 e. The molecular weight excluding hydrogens is 242 g/mol. The number of nitrogens with one attached hydrogen (secondary N) is 1. The van der Waals surface area contributed by atoms with Gasteiger partial charge in [-0.1, -0.05) is 12.1 Å². The van der Waals surface area contributed by atoms with Crippen LogP contribution in [0.5, 0.6) is 0 Å². The SMILES string of the molecule is CCOCCN(C)C(C)C(=O)Nc1ccccc1N. The number of para-hydroxylation sites is 2. The molecule has 1 rings (SSSR count). The van der Waals surface area contributed by atoms with Crippen LogP contribution in [0.25, 0.3) is 0 Å². The minimum Gasteiger partial charge on any atom is -0.397 e. The van der Waals surface area contributed by atoms with Crippen LogP contribution in [0.4, 0.5) is 11.4 Å². The van der Waals surface area contributed by atoms with E-state index in [0.717, 1.165) is 0 Å². The molecule has 0 aliphatic heterocycles. The highest BCUT2D eigenvalue weighted by Crippen LogP contribution is 2.17. The van der Waals surface area contributed by atoms with Gasteiger partial charge in [0.25, 0.3) is 0 Å². The molecule has 0 fully saturated rings. The molecule has 0 heterocycles. The van der Waals surface area contributed by atoms with Crippen molar-refractivity contribution in [1.29, 1.82) is 0 Å². The normalized spacial score (nSPS) is 12.4. The molecule has 1 atom stereocenters. The van der Waals surface area contributed by atoms with E-state index in [0.29, 0.717) is 31.1 Å². The average molecular weight is 265 g/mol. The number of nitrogen functional groups attached to an aromatic ring is 1. The summed E-state index contributed by atoms with van der Waals surface area (Å²) in [6, 6.07) is 7.00. The van der Waals surface area contributed by atoms with Gasteiger partial charge in [0, 0.05) is 13.2 Å². The van der Waals surface area contributed by atoms with Crippen molar-refractivity contribution in [3.8, 4) is 0 Å². The summed E-state index contributed by atoms with van der Waals surface area (Å²) < 4.78 is 5.28. The van der Waals surface area contributed by atoms with Gasteiger partial charge < -0.3 is 15.8 Å². The van der Waals surface area contributed by atoms with Crippen molar-refractivity contribution in [3.05, 3.63) is 24.3 Å². The molecule has 5 nitrogen and oxygen atoms in total. The lowest BCUT2D eigenvalue weighted by Crippen LogP contribution is -2.41. The highest BCUT2D eigenvalue weighted by molar-refractivity contribution is 5.96. The van der Waals surface area contributed by atoms with Crippen LogP contribution in [0.15, 0.2) is 24.3 Å². The molecule has 0 aliphatic rings. The zero-order chi connectivity index (χ0) is 14.3. The number of anilines is 2. The smallest absolute Gasteiger partial charge is 0.241 e. The fourth-order valence-electron chi connectivity index (χ4n) is 1.59. The Kier molecular flexibility index (Phi) is 6.32. The molecule has 106 valence electrons. The zero-order valence-electron chi connectivity index (χ0n) is 11.8. The molecule has 1 unspecified atom stereocenters. The molecule has 1 aromatic rings. The van der Waals surface area contributed by atoms with Crippen molar-refractivity contribution in [1.82, 2.24) is 4.90 Å². The van der Waals surface area contributed by atoms with Crippen LogP contribution in [-0.2, 0) is 9.53 Å². The van der Waals surface area contributed by atoms with E-state index in [1.54, 1.807) is 12.1 Å². The highest BCUT2D eigenvalue weighted by atomic mass is 16.5. The summed E-state index contributed by atoms with van der Waals surface area (Å²) in [5, 5.41) is 2.83. The van der Waals surface area contributed by atoms with Crippen molar-refractivity contribution in [2.24, 2.45) is 0 Å². The van der Waals surface area contributed by atoms with E-state index >= 15 is 0 Å². The maximum absolute atomic E-state index is 12.1. The van der Waals surface area contributed by atoms with Crippen molar-refractivity contribution in [3.63, 3.8) is 0 Å². The summed E-state index contributed by atoms with van der Waals surface area (Å²) in [6.45, 7) is 5.84. The van der Waals surface area contributed by atoms with Gasteiger partial charge in [-0.05, 0) is 33.0 Å². The van der Waals surface area contributed by atoms with Crippen LogP contribution >= 0.6 is 0 Å². The second-order valence-electron chi connectivity index (χ2n) is 4.43. The number of hydrogen-bond acceptors (Lipinski definition) is 4. The van der Waals surface area contributed by atoms with Gasteiger partial charge in [-0.25, -0.2) is 0 Å². The van der Waals surface area contributed by atoms with Crippen LogP contribution in [0, 0.1) is 0 Å². The predicted octanol–water partition coefficient (Wildman–Crippen LogP) is 1.56. The molecule has 0 radical (unpaired) electrons.